The molecule has 0 aromatic carbocycles. The molecule has 8 heavy (non-hydrogen) atoms. The smallest absolute Gasteiger partial charge is 0.160 e. The van der Waals surface area contributed by atoms with E-state index in [1.54, 1.807) is 0 Å². The third-order valence-corrected chi connectivity index (χ3v) is 0.800. The van der Waals surface area contributed by atoms with E-state index in [1.807, 2.05) is 6.92 Å². The van der Waals surface area contributed by atoms with Gasteiger partial charge in [-0.2, -0.15) is 0 Å². The van der Waals surface area contributed by atoms with E-state index in [2.05, 4.69) is 5.32 Å². The lowest BCUT2D eigenvalue weighted by Gasteiger charge is -1.95. The maximum absolute atomic E-state index is 10.4. The molecule has 3 heteroatoms. The van der Waals surface area contributed by atoms with Crippen LogP contribution >= 0.6 is 0 Å². The summed E-state index contributed by atoms with van der Waals surface area (Å²) in [5.41, 5.74) is 5.02. The second kappa shape index (κ2) is 4.74. The number of nitrogens with one attached hydrogen (secondary N) is 1. The van der Waals surface area contributed by atoms with Gasteiger partial charge >= 0.3 is 0 Å². The van der Waals surface area contributed by atoms with Crippen LogP contribution in [0.5, 0.6) is 0 Å². The van der Waals surface area contributed by atoms with Gasteiger partial charge in [0.25, 0.3) is 0 Å². The van der Waals surface area contributed by atoms with Crippen molar-refractivity contribution in [3.8, 4) is 0 Å². The number of Topliss-reactive ketones (excluding diaryl/α,β-unsaturated/α-hetero) is 1. The quantitative estimate of drug-likeness (QED) is 0.501. The molecule has 0 aromatic rings. The van der Waals surface area contributed by atoms with Gasteiger partial charge in [-0.3, -0.25) is 4.79 Å². The van der Waals surface area contributed by atoms with Crippen LogP contribution in [0.15, 0.2) is 0 Å². The van der Waals surface area contributed by atoms with Crippen molar-refractivity contribution < 1.29 is 4.79 Å². The Morgan fingerprint density at radius 2 is 2.38 bits per heavy atom. The molecule has 0 radical (unpaired) electrons. The van der Waals surface area contributed by atoms with E-state index in [4.69, 9.17) is 5.73 Å². The van der Waals surface area contributed by atoms with Crippen LogP contribution in [0.1, 0.15) is 6.92 Å². The highest BCUT2D eigenvalue weighted by atomic mass is 16.1. The first-order valence-electron chi connectivity index (χ1n) is 2.73. The van der Waals surface area contributed by atoms with E-state index in [0.717, 1.165) is 6.54 Å². The summed E-state index contributed by atoms with van der Waals surface area (Å²) in [5.74, 6) is 0.0619. The van der Waals surface area contributed by atoms with E-state index < -0.39 is 0 Å². The minimum Gasteiger partial charge on any atom is -0.324 e. The topological polar surface area (TPSA) is 55.1 Å². The largest absolute Gasteiger partial charge is 0.324 e. The van der Waals surface area contributed by atoms with Crippen molar-refractivity contribution in [1.29, 1.82) is 0 Å². The number of likely N-dealkylation sites (N-methyl/N-ethyl adjacent to an activating group) is 1. The molecule has 0 aliphatic carbocycles. The van der Waals surface area contributed by atoms with Crippen LogP contribution in [0.25, 0.3) is 0 Å². The normalized spacial score (nSPS) is 9.25. The lowest BCUT2D eigenvalue weighted by atomic mass is 10.4. The summed E-state index contributed by atoms with van der Waals surface area (Å²) in [6.07, 6.45) is 0. The van der Waals surface area contributed by atoms with Crippen molar-refractivity contribution in [3.05, 3.63) is 0 Å². The number of nitrogens with two attached hydrogens (primary N) is 1. The Bertz CT molecular complexity index is 72.8. The van der Waals surface area contributed by atoms with Gasteiger partial charge in [0.1, 0.15) is 0 Å². The predicted octanol–water partition coefficient (Wildman–Crippen LogP) is -0.876. The standard InChI is InChI=1S/C5H12N2O/c1-2-7-4-5(8)3-6/h7H,2-4,6H2,1H3. The number of hydrogen-bond acceptors (Lipinski definition) is 3. The Labute approximate surface area is 49.3 Å². The van der Waals surface area contributed by atoms with Crippen LogP contribution in [0, 0.1) is 0 Å². The fourth-order valence-electron chi connectivity index (χ4n) is 0.337. The van der Waals surface area contributed by atoms with Crippen molar-refractivity contribution in [2.24, 2.45) is 5.73 Å². The summed E-state index contributed by atoms with van der Waals surface area (Å²) < 4.78 is 0. The number of rotatable bonds is 4. The summed E-state index contributed by atoms with van der Waals surface area (Å²) in [6.45, 7) is 3.33. The predicted molar refractivity (Wildman–Crippen MR) is 32.6 cm³/mol. The molecule has 0 aliphatic heterocycles. The van der Waals surface area contributed by atoms with Crippen LogP contribution in [-0.4, -0.2) is 25.4 Å². The molecule has 0 aliphatic rings. The number of carbonyl (C=O) groups excluding carboxylic acids is 1. The van der Waals surface area contributed by atoms with E-state index in [-0.39, 0.29) is 12.3 Å². The van der Waals surface area contributed by atoms with Crippen LogP contribution in [0.3, 0.4) is 0 Å². The van der Waals surface area contributed by atoms with Crippen molar-refractivity contribution >= 4 is 5.78 Å². The lowest BCUT2D eigenvalue weighted by Crippen LogP contribution is -2.27. The van der Waals surface area contributed by atoms with Gasteiger partial charge in [-0.05, 0) is 6.54 Å². The molecule has 0 rings (SSSR count). The molecule has 0 heterocycles. The minimum absolute atomic E-state index is 0.0619. The van der Waals surface area contributed by atoms with Crippen molar-refractivity contribution in [2.75, 3.05) is 19.6 Å². The van der Waals surface area contributed by atoms with Crippen LogP contribution in [0.2, 0.25) is 0 Å². The average molecular weight is 116 g/mol. The summed E-state index contributed by atoms with van der Waals surface area (Å²) in [6, 6.07) is 0. The van der Waals surface area contributed by atoms with Crippen molar-refractivity contribution in [1.82, 2.24) is 5.32 Å². The maximum Gasteiger partial charge on any atom is 0.160 e. The maximum atomic E-state index is 10.4. The summed E-state index contributed by atoms with van der Waals surface area (Å²) in [4.78, 5) is 10.4. The van der Waals surface area contributed by atoms with E-state index in [1.165, 1.54) is 0 Å². The van der Waals surface area contributed by atoms with Gasteiger partial charge in [-0.15, -0.1) is 0 Å². The highest BCUT2D eigenvalue weighted by Crippen LogP contribution is 1.61. The number of hydrogen-bond donors (Lipinski definition) is 2. The highest BCUT2D eigenvalue weighted by molar-refractivity contribution is 5.82. The van der Waals surface area contributed by atoms with Gasteiger partial charge < -0.3 is 11.1 Å². The van der Waals surface area contributed by atoms with Crippen LogP contribution in [-0.2, 0) is 4.79 Å². The summed E-state index contributed by atoms with van der Waals surface area (Å²) >= 11 is 0. The molecule has 3 nitrogen and oxygen atoms in total. The Balaban J connectivity index is 2.99. The first kappa shape index (κ1) is 7.59. The molecule has 0 unspecified atom stereocenters. The Morgan fingerprint density at radius 3 is 2.75 bits per heavy atom. The zero-order valence-corrected chi connectivity index (χ0v) is 5.11. The third-order valence-electron chi connectivity index (χ3n) is 0.800. The highest BCUT2D eigenvalue weighted by Gasteiger charge is 1.92. The molecule has 0 saturated carbocycles. The molecule has 0 saturated heterocycles. The van der Waals surface area contributed by atoms with Crippen molar-refractivity contribution in [2.45, 2.75) is 6.92 Å². The van der Waals surface area contributed by atoms with Gasteiger partial charge in [-0.1, -0.05) is 6.92 Å². The van der Waals surface area contributed by atoms with E-state index >= 15 is 0 Å². The molecule has 0 atom stereocenters. The Hall–Kier alpha value is -0.410. The second-order valence-corrected chi connectivity index (χ2v) is 1.52. The number of ketones is 1. The Kier molecular flexibility index (Phi) is 4.50. The first-order chi connectivity index (χ1) is 3.81. The molecule has 0 bridgehead atoms. The first-order valence-corrected chi connectivity index (χ1v) is 2.73. The monoisotopic (exact) mass is 116 g/mol. The number of carbonyl (C=O) groups is 1. The molecular formula is C5H12N2O. The Morgan fingerprint density at radius 1 is 1.75 bits per heavy atom. The zero-order valence-electron chi connectivity index (χ0n) is 5.11. The van der Waals surface area contributed by atoms with Gasteiger partial charge in [0.05, 0.1) is 13.1 Å². The second-order valence-electron chi connectivity index (χ2n) is 1.52. The van der Waals surface area contributed by atoms with Gasteiger partial charge in [-0.25, -0.2) is 0 Å². The minimum atomic E-state index is 0.0619. The summed E-state index contributed by atoms with van der Waals surface area (Å²) in [7, 11) is 0. The molecule has 0 aromatic heterocycles. The van der Waals surface area contributed by atoms with E-state index in [0.29, 0.717) is 6.54 Å². The third kappa shape index (κ3) is 3.77. The fourth-order valence-corrected chi connectivity index (χ4v) is 0.337. The molecule has 0 fully saturated rings. The lowest BCUT2D eigenvalue weighted by molar-refractivity contribution is -0.116. The fraction of sp³-hybridized carbons (Fsp3) is 0.800. The van der Waals surface area contributed by atoms with Crippen LogP contribution in [0.4, 0.5) is 0 Å². The molecule has 0 spiro atoms. The van der Waals surface area contributed by atoms with Crippen molar-refractivity contribution in [3.63, 3.8) is 0 Å². The molecule has 48 valence electrons. The SMILES string of the molecule is CCNCC(=O)CN. The average Bonchev–Trinajstić information content (AvgIpc) is 1.83. The molecular weight excluding hydrogens is 104 g/mol. The zero-order chi connectivity index (χ0) is 6.41. The van der Waals surface area contributed by atoms with E-state index in [9.17, 15) is 4.79 Å². The van der Waals surface area contributed by atoms with Gasteiger partial charge in [0, 0.05) is 0 Å². The van der Waals surface area contributed by atoms with Gasteiger partial charge in [0.2, 0.25) is 0 Å². The van der Waals surface area contributed by atoms with Crippen LogP contribution < -0.4 is 11.1 Å². The summed E-state index contributed by atoms with van der Waals surface area (Å²) in [5, 5.41) is 2.87. The molecule has 3 N–H and O–H groups in total. The molecule has 0 amide bonds. The van der Waals surface area contributed by atoms with Gasteiger partial charge in [0.15, 0.2) is 5.78 Å².